The fraction of sp³-hybridized carbons (Fsp3) is 0.579. The number of fused-ring (bicyclic) bond motifs is 1. The van der Waals surface area contributed by atoms with Crippen LogP contribution in [0.1, 0.15) is 43.2 Å². The normalized spacial score (nSPS) is 18.4. The molecule has 0 unspecified atom stereocenters. The Morgan fingerprint density at radius 2 is 1.89 bits per heavy atom. The number of hydroxylamine groups is 1. The molecule has 1 heterocycles. The Labute approximate surface area is 161 Å². The number of nitrogens with zero attached hydrogens (tertiary/aromatic N) is 1. The number of halogens is 3. The SMILES string of the molecule is O=C(NOC1CCCCC1)C(=O)Nc1cccc2c1CCN(CC(F)(F)F)C2. The van der Waals surface area contributed by atoms with E-state index in [0.717, 1.165) is 37.7 Å². The van der Waals surface area contributed by atoms with Crippen molar-refractivity contribution < 1.29 is 27.6 Å². The van der Waals surface area contributed by atoms with Gasteiger partial charge in [-0.25, -0.2) is 5.48 Å². The maximum absolute atomic E-state index is 12.6. The minimum atomic E-state index is -4.25. The third-order valence-electron chi connectivity index (χ3n) is 5.07. The maximum atomic E-state index is 12.6. The molecule has 2 amide bonds. The van der Waals surface area contributed by atoms with Crippen LogP contribution in [0.25, 0.3) is 0 Å². The molecule has 6 nitrogen and oxygen atoms in total. The topological polar surface area (TPSA) is 70.7 Å². The van der Waals surface area contributed by atoms with E-state index in [4.69, 9.17) is 4.84 Å². The van der Waals surface area contributed by atoms with Gasteiger partial charge in [0, 0.05) is 18.8 Å². The van der Waals surface area contributed by atoms with Gasteiger partial charge in [0.05, 0.1) is 12.6 Å². The monoisotopic (exact) mass is 399 g/mol. The molecular formula is C19H24F3N3O3. The quantitative estimate of drug-likeness (QED) is 0.603. The number of anilines is 1. The van der Waals surface area contributed by atoms with Crippen LogP contribution in [0.2, 0.25) is 0 Å². The van der Waals surface area contributed by atoms with Crippen LogP contribution in [0, 0.1) is 0 Å². The minimum absolute atomic E-state index is 0.0744. The molecule has 9 heteroatoms. The zero-order valence-corrected chi connectivity index (χ0v) is 15.5. The molecule has 1 aliphatic heterocycles. The molecule has 2 aliphatic rings. The van der Waals surface area contributed by atoms with Crippen molar-refractivity contribution in [3.8, 4) is 0 Å². The van der Waals surface area contributed by atoms with E-state index >= 15 is 0 Å². The van der Waals surface area contributed by atoms with Gasteiger partial charge in [-0.2, -0.15) is 13.2 Å². The second-order valence-corrected chi connectivity index (χ2v) is 7.28. The molecule has 28 heavy (non-hydrogen) atoms. The van der Waals surface area contributed by atoms with E-state index in [2.05, 4.69) is 10.8 Å². The summed E-state index contributed by atoms with van der Waals surface area (Å²) in [5.41, 5.74) is 4.12. The van der Waals surface area contributed by atoms with Crippen molar-refractivity contribution in [1.82, 2.24) is 10.4 Å². The molecule has 0 spiro atoms. The summed E-state index contributed by atoms with van der Waals surface area (Å²) in [6.45, 7) is -0.587. The van der Waals surface area contributed by atoms with E-state index in [-0.39, 0.29) is 19.2 Å². The van der Waals surface area contributed by atoms with E-state index in [0.29, 0.717) is 17.7 Å². The van der Waals surface area contributed by atoms with Gasteiger partial charge >= 0.3 is 18.0 Å². The smallest absolute Gasteiger partial charge is 0.317 e. The summed E-state index contributed by atoms with van der Waals surface area (Å²) in [5.74, 6) is -1.75. The van der Waals surface area contributed by atoms with Gasteiger partial charge in [0.25, 0.3) is 0 Å². The van der Waals surface area contributed by atoms with Crippen LogP contribution >= 0.6 is 0 Å². The molecule has 1 aliphatic carbocycles. The van der Waals surface area contributed by atoms with Gasteiger partial charge in [-0.3, -0.25) is 19.3 Å². The molecule has 0 saturated heterocycles. The molecule has 1 aromatic carbocycles. The number of amides is 2. The van der Waals surface area contributed by atoms with E-state index in [9.17, 15) is 22.8 Å². The third-order valence-corrected chi connectivity index (χ3v) is 5.07. The van der Waals surface area contributed by atoms with Crippen LogP contribution in [0.15, 0.2) is 18.2 Å². The molecule has 0 radical (unpaired) electrons. The van der Waals surface area contributed by atoms with Crippen LogP contribution in [-0.2, 0) is 27.4 Å². The van der Waals surface area contributed by atoms with E-state index < -0.39 is 24.5 Å². The first kappa shape index (κ1) is 20.6. The van der Waals surface area contributed by atoms with Crippen LogP contribution < -0.4 is 10.8 Å². The van der Waals surface area contributed by atoms with Crippen molar-refractivity contribution in [1.29, 1.82) is 0 Å². The Bertz CT molecular complexity index is 718. The lowest BCUT2D eigenvalue weighted by Gasteiger charge is -2.30. The number of carbonyl (C=O) groups is 2. The first-order valence-electron chi connectivity index (χ1n) is 9.48. The Morgan fingerprint density at radius 1 is 1.14 bits per heavy atom. The standard InChI is InChI=1S/C19H24F3N3O3/c20-19(21,22)12-25-10-9-15-13(11-25)5-4-8-16(15)23-17(26)18(27)24-28-14-6-2-1-3-7-14/h4-5,8,14H,1-3,6-7,9-12H2,(H,23,26)(H,24,27). The zero-order valence-electron chi connectivity index (χ0n) is 15.5. The number of benzene rings is 1. The van der Waals surface area contributed by atoms with Crippen molar-refractivity contribution in [2.24, 2.45) is 0 Å². The highest BCUT2D eigenvalue weighted by Crippen LogP contribution is 2.28. The number of carbonyl (C=O) groups excluding carboxylic acids is 2. The highest BCUT2D eigenvalue weighted by atomic mass is 19.4. The number of hydrogen-bond acceptors (Lipinski definition) is 4. The summed E-state index contributed by atoms with van der Waals surface area (Å²) >= 11 is 0. The first-order chi connectivity index (χ1) is 13.3. The predicted molar refractivity (Wildman–Crippen MR) is 96.2 cm³/mol. The van der Waals surface area contributed by atoms with Gasteiger partial charge in [-0.05, 0) is 36.5 Å². The first-order valence-corrected chi connectivity index (χ1v) is 9.48. The summed E-state index contributed by atoms with van der Waals surface area (Å²) in [6, 6.07) is 5.03. The van der Waals surface area contributed by atoms with Gasteiger partial charge in [0.15, 0.2) is 0 Å². The molecule has 0 atom stereocenters. The van der Waals surface area contributed by atoms with E-state index in [1.54, 1.807) is 18.2 Å². The third kappa shape index (κ3) is 5.68. The second-order valence-electron chi connectivity index (χ2n) is 7.28. The fourth-order valence-corrected chi connectivity index (χ4v) is 3.72. The van der Waals surface area contributed by atoms with Crippen LogP contribution in [0.5, 0.6) is 0 Å². The summed E-state index contributed by atoms with van der Waals surface area (Å²) in [6.07, 6.45) is 0.956. The molecule has 1 fully saturated rings. The number of nitrogens with one attached hydrogen (secondary N) is 2. The summed E-state index contributed by atoms with van der Waals surface area (Å²) < 4.78 is 37.8. The highest BCUT2D eigenvalue weighted by Gasteiger charge is 2.32. The van der Waals surface area contributed by atoms with Gasteiger partial charge in [-0.1, -0.05) is 31.4 Å². The number of alkyl halides is 3. The van der Waals surface area contributed by atoms with Crippen molar-refractivity contribution in [2.75, 3.05) is 18.4 Å². The molecule has 2 N–H and O–H groups in total. The Morgan fingerprint density at radius 3 is 2.61 bits per heavy atom. The summed E-state index contributed by atoms with van der Waals surface area (Å²) in [4.78, 5) is 30.8. The molecule has 154 valence electrons. The predicted octanol–water partition coefficient (Wildman–Crippen LogP) is 2.93. The number of hydrogen-bond donors (Lipinski definition) is 2. The zero-order chi connectivity index (χ0) is 20.1. The van der Waals surface area contributed by atoms with Gasteiger partial charge < -0.3 is 5.32 Å². The highest BCUT2D eigenvalue weighted by molar-refractivity contribution is 6.39. The van der Waals surface area contributed by atoms with Crippen LogP contribution in [0.3, 0.4) is 0 Å². The molecule has 1 aromatic rings. The van der Waals surface area contributed by atoms with Crippen molar-refractivity contribution >= 4 is 17.5 Å². The molecular weight excluding hydrogens is 375 g/mol. The lowest BCUT2D eigenvalue weighted by Crippen LogP contribution is -2.40. The van der Waals surface area contributed by atoms with E-state index in [1.807, 2.05) is 0 Å². The number of rotatable bonds is 4. The van der Waals surface area contributed by atoms with Crippen LogP contribution in [0.4, 0.5) is 18.9 Å². The summed E-state index contributed by atoms with van der Waals surface area (Å²) in [7, 11) is 0. The molecule has 0 aromatic heterocycles. The second kappa shape index (κ2) is 8.91. The lowest BCUT2D eigenvalue weighted by molar-refractivity contribution is -0.148. The Kier molecular flexibility index (Phi) is 6.56. The summed E-state index contributed by atoms with van der Waals surface area (Å²) in [5, 5.41) is 2.55. The van der Waals surface area contributed by atoms with Gasteiger partial charge in [-0.15, -0.1) is 0 Å². The van der Waals surface area contributed by atoms with E-state index in [1.165, 1.54) is 4.90 Å². The maximum Gasteiger partial charge on any atom is 0.401 e. The average Bonchev–Trinajstić information content (AvgIpc) is 2.65. The Balaban J connectivity index is 1.56. The van der Waals surface area contributed by atoms with Gasteiger partial charge in [0.1, 0.15) is 0 Å². The minimum Gasteiger partial charge on any atom is -0.317 e. The molecule has 0 bridgehead atoms. The van der Waals surface area contributed by atoms with Crippen molar-refractivity contribution in [3.63, 3.8) is 0 Å². The average molecular weight is 399 g/mol. The van der Waals surface area contributed by atoms with Crippen molar-refractivity contribution in [2.45, 2.75) is 57.3 Å². The lowest BCUT2D eigenvalue weighted by atomic mass is 9.97. The van der Waals surface area contributed by atoms with Crippen LogP contribution in [-0.4, -0.2) is 42.1 Å². The van der Waals surface area contributed by atoms with Crippen molar-refractivity contribution in [3.05, 3.63) is 29.3 Å². The Hall–Kier alpha value is -2.13. The molecule has 1 saturated carbocycles. The largest absolute Gasteiger partial charge is 0.401 e. The van der Waals surface area contributed by atoms with Gasteiger partial charge in [0.2, 0.25) is 0 Å². The fourth-order valence-electron chi connectivity index (χ4n) is 3.72. The molecule has 3 rings (SSSR count).